The lowest BCUT2D eigenvalue weighted by molar-refractivity contribution is -0.182. The maximum atomic E-state index is 13.0. The van der Waals surface area contributed by atoms with Crippen LogP contribution < -0.4 is 16.0 Å². The van der Waals surface area contributed by atoms with Crippen molar-refractivity contribution in [1.29, 1.82) is 0 Å². The summed E-state index contributed by atoms with van der Waals surface area (Å²) < 4.78 is 39.0. The van der Waals surface area contributed by atoms with Crippen LogP contribution in [-0.4, -0.2) is 89.8 Å². The topological polar surface area (TPSA) is 77.7 Å². The number of aromatic nitrogens is 1. The maximum absolute atomic E-state index is 13.0. The number of alkyl halides is 3. The second kappa shape index (κ2) is 10.8. The lowest BCUT2D eigenvalue weighted by Gasteiger charge is -2.40. The fourth-order valence-electron chi connectivity index (χ4n) is 4.36. The molecule has 7 nitrogen and oxygen atoms in total. The van der Waals surface area contributed by atoms with Crippen LogP contribution in [0.25, 0.3) is 0 Å². The molecule has 1 amide bonds. The average Bonchev–Trinajstić information content (AvgIpc) is 3.03. The fraction of sp³-hybridized carbons (Fsp3) is 0.667. The van der Waals surface area contributed by atoms with Crippen LogP contribution in [0.5, 0.6) is 0 Å². The van der Waals surface area contributed by atoms with Gasteiger partial charge < -0.3 is 16.0 Å². The quantitative estimate of drug-likeness (QED) is 0.614. The Bertz CT molecular complexity index is 800. The summed E-state index contributed by atoms with van der Waals surface area (Å²) in [4.78, 5) is 23.1. The second-order valence-corrected chi connectivity index (χ2v) is 8.92. The number of nitrogens with zero attached hydrogens (tertiary/aromatic N) is 4. The molecule has 1 aromatic heterocycles. The lowest BCUT2D eigenvalue weighted by atomic mass is 10.0. The van der Waals surface area contributed by atoms with Gasteiger partial charge in [0, 0.05) is 45.3 Å². The number of hydrogen-bond donors (Lipinski definition) is 2. The molecular weight excluding hydrogens is 441 g/mol. The molecule has 0 saturated carbocycles. The zero-order chi connectivity index (χ0) is 23.3. The molecule has 0 radical (unpaired) electrons. The van der Waals surface area contributed by atoms with Crippen molar-refractivity contribution in [2.24, 2.45) is 5.73 Å². The van der Waals surface area contributed by atoms with Crippen molar-refractivity contribution in [3.63, 3.8) is 0 Å². The number of rotatable bonds is 6. The number of hydrogen-bond acceptors (Lipinski definition) is 6. The molecule has 2 aliphatic rings. The summed E-state index contributed by atoms with van der Waals surface area (Å²) in [5.74, 6) is 0.416. The van der Waals surface area contributed by atoms with E-state index in [-0.39, 0.29) is 17.4 Å². The Balaban J connectivity index is 1.54. The van der Waals surface area contributed by atoms with Gasteiger partial charge in [0.2, 0.25) is 0 Å². The van der Waals surface area contributed by atoms with Crippen molar-refractivity contribution in [1.82, 2.24) is 20.1 Å². The van der Waals surface area contributed by atoms with Gasteiger partial charge in [-0.3, -0.25) is 14.6 Å². The van der Waals surface area contributed by atoms with Gasteiger partial charge in [0.15, 0.2) is 0 Å². The number of nitrogens with two attached hydrogens (primary N) is 1. The van der Waals surface area contributed by atoms with Gasteiger partial charge in [0.1, 0.15) is 17.6 Å². The summed E-state index contributed by atoms with van der Waals surface area (Å²) in [6, 6.07) is 4.25. The molecule has 2 fully saturated rings. The summed E-state index contributed by atoms with van der Waals surface area (Å²) in [6.07, 6.45) is -1.75. The van der Waals surface area contributed by atoms with Crippen LogP contribution in [0.2, 0.25) is 0 Å². The second-order valence-electron chi connectivity index (χ2n) is 8.39. The minimum atomic E-state index is -4.18. The fourth-order valence-corrected chi connectivity index (χ4v) is 4.43. The van der Waals surface area contributed by atoms with E-state index in [4.69, 9.17) is 18.0 Å². The number of halogens is 3. The largest absolute Gasteiger partial charge is 0.403 e. The molecule has 32 heavy (non-hydrogen) atoms. The molecule has 3 N–H and O–H groups in total. The molecule has 1 aromatic rings. The molecule has 11 heteroatoms. The zero-order valence-corrected chi connectivity index (χ0v) is 19.1. The van der Waals surface area contributed by atoms with Crippen molar-refractivity contribution in [3.8, 4) is 0 Å². The van der Waals surface area contributed by atoms with Crippen molar-refractivity contribution >= 4 is 28.9 Å². The number of carbonyl (C=O) groups excluding carboxylic acids is 1. The first-order valence-corrected chi connectivity index (χ1v) is 11.4. The molecule has 2 aliphatic heterocycles. The van der Waals surface area contributed by atoms with E-state index in [9.17, 15) is 18.0 Å². The van der Waals surface area contributed by atoms with Crippen LogP contribution in [0.3, 0.4) is 0 Å². The monoisotopic (exact) mass is 472 g/mol. The van der Waals surface area contributed by atoms with Crippen molar-refractivity contribution < 1.29 is 18.0 Å². The Hall–Kier alpha value is -1.98. The lowest BCUT2D eigenvalue weighted by Crippen LogP contribution is -2.51. The number of pyridine rings is 1. The van der Waals surface area contributed by atoms with Gasteiger partial charge in [-0.15, -0.1) is 0 Å². The molecule has 3 rings (SSSR count). The van der Waals surface area contributed by atoms with E-state index in [1.54, 1.807) is 17.0 Å². The number of nitrogens with one attached hydrogen (secondary N) is 1. The van der Waals surface area contributed by atoms with Crippen molar-refractivity contribution in [2.45, 2.75) is 44.4 Å². The van der Waals surface area contributed by atoms with Crippen LogP contribution in [0.4, 0.5) is 19.0 Å². The molecule has 0 aromatic carbocycles. The SMILES string of the molecule is C[C@H](N1CCC(N2CCCN(c3cccc(C(=O)NCC(N)=S)n3)CC2)CC1)C(F)(F)F. The highest BCUT2D eigenvalue weighted by Crippen LogP contribution is 2.28. The van der Waals surface area contributed by atoms with Gasteiger partial charge in [0.25, 0.3) is 5.91 Å². The number of likely N-dealkylation sites (tertiary alicyclic amines) is 1. The van der Waals surface area contributed by atoms with Gasteiger partial charge in [-0.05, 0) is 38.3 Å². The molecule has 0 aliphatic carbocycles. The summed E-state index contributed by atoms with van der Waals surface area (Å²) >= 11 is 4.78. The van der Waals surface area contributed by atoms with Gasteiger partial charge in [-0.2, -0.15) is 13.2 Å². The Kier molecular flexibility index (Phi) is 8.29. The standard InChI is InChI=1S/C21H31F3N6OS/c1-15(21(22,23)24)28-10-6-16(7-11-28)29-8-3-9-30(13-12-29)19-5-2-4-17(27-19)20(31)26-14-18(25)32/h2,4-5,15-16H,3,6-14H2,1H3,(H2,25,32)(H,26,31)/t15-/m0/s1. The highest BCUT2D eigenvalue weighted by molar-refractivity contribution is 7.80. The van der Waals surface area contributed by atoms with Crippen LogP contribution in [0, 0.1) is 0 Å². The number of anilines is 1. The van der Waals surface area contributed by atoms with E-state index in [1.165, 1.54) is 6.92 Å². The minimum Gasteiger partial charge on any atom is -0.392 e. The first kappa shape index (κ1) is 24.7. The van der Waals surface area contributed by atoms with E-state index in [1.807, 2.05) is 6.07 Å². The van der Waals surface area contributed by atoms with Crippen molar-refractivity contribution in [2.75, 3.05) is 50.7 Å². The summed E-state index contributed by atoms with van der Waals surface area (Å²) in [5, 5.41) is 2.64. The summed E-state index contributed by atoms with van der Waals surface area (Å²) in [7, 11) is 0. The molecule has 0 spiro atoms. The smallest absolute Gasteiger partial charge is 0.392 e. The third-order valence-corrected chi connectivity index (χ3v) is 6.43. The first-order valence-electron chi connectivity index (χ1n) is 11.0. The molecule has 0 bridgehead atoms. The van der Waals surface area contributed by atoms with Crippen LogP contribution in [0.15, 0.2) is 18.2 Å². The van der Waals surface area contributed by atoms with E-state index in [2.05, 4.69) is 20.1 Å². The van der Waals surface area contributed by atoms with Gasteiger partial charge in [-0.1, -0.05) is 18.3 Å². The zero-order valence-electron chi connectivity index (χ0n) is 18.3. The average molecular weight is 473 g/mol. The predicted octanol–water partition coefficient (Wildman–Crippen LogP) is 2.02. The number of amides is 1. The van der Waals surface area contributed by atoms with Crippen LogP contribution >= 0.6 is 12.2 Å². The molecule has 1 atom stereocenters. The minimum absolute atomic E-state index is 0.124. The Morgan fingerprint density at radius 3 is 2.59 bits per heavy atom. The van der Waals surface area contributed by atoms with Gasteiger partial charge in [0.05, 0.1) is 11.5 Å². The maximum Gasteiger partial charge on any atom is 0.403 e. The van der Waals surface area contributed by atoms with Crippen molar-refractivity contribution in [3.05, 3.63) is 23.9 Å². The van der Waals surface area contributed by atoms with E-state index in [0.717, 1.165) is 51.3 Å². The third kappa shape index (κ3) is 6.52. The number of thiocarbonyl (C=S) groups is 1. The highest BCUT2D eigenvalue weighted by atomic mass is 32.1. The first-order chi connectivity index (χ1) is 15.1. The normalized spacial score (nSPS) is 20.6. The number of piperidine rings is 1. The molecule has 3 heterocycles. The molecular formula is C21H31F3N6OS. The van der Waals surface area contributed by atoms with Crippen LogP contribution in [-0.2, 0) is 0 Å². The molecule has 2 saturated heterocycles. The van der Waals surface area contributed by atoms with Gasteiger partial charge in [-0.25, -0.2) is 4.98 Å². The third-order valence-electron chi connectivity index (χ3n) is 6.28. The summed E-state index contributed by atoms with van der Waals surface area (Å²) in [5.41, 5.74) is 5.74. The number of carbonyl (C=O) groups is 1. The Labute approximate surface area is 192 Å². The Morgan fingerprint density at radius 1 is 1.22 bits per heavy atom. The highest BCUT2D eigenvalue weighted by Gasteiger charge is 2.41. The van der Waals surface area contributed by atoms with E-state index < -0.39 is 12.2 Å². The van der Waals surface area contributed by atoms with Gasteiger partial charge >= 0.3 is 6.18 Å². The molecule has 178 valence electrons. The predicted molar refractivity (Wildman–Crippen MR) is 122 cm³/mol. The van der Waals surface area contributed by atoms with E-state index in [0.29, 0.717) is 24.8 Å². The van der Waals surface area contributed by atoms with Crippen LogP contribution in [0.1, 0.15) is 36.7 Å². The Morgan fingerprint density at radius 2 is 1.94 bits per heavy atom. The summed E-state index contributed by atoms with van der Waals surface area (Å²) in [6.45, 7) is 5.60. The molecule has 0 unspecified atom stereocenters. The van der Waals surface area contributed by atoms with E-state index >= 15 is 0 Å².